The van der Waals surface area contributed by atoms with Gasteiger partial charge >= 0.3 is 0 Å². The minimum Gasteiger partial charge on any atom is -0.355 e. The van der Waals surface area contributed by atoms with E-state index in [2.05, 4.69) is 22.1 Å². The molecule has 0 saturated heterocycles. The van der Waals surface area contributed by atoms with E-state index < -0.39 is 30.0 Å². The van der Waals surface area contributed by atoms with E-state index in [0.29, 0.717) is 11.4 Å². The van der Waals surface area contributed by atoms with Crippen LogP contribution in [0.4, 0.5) is 20.2 Å². The standard InChI is InChI=1S/C24H26F2N6O3S/c1-4-31(3)15-21(33)30-18-8-6-7-17(12-18)28-10-9-19-24(35)32(5-2)22(36-19)11-16(13-27)23(34)29-14-20(25)26/h6-8,10,12,20,28H,4-5,14-15H2,1-3H3,(H,29,34)(H,30,33). The molecular weight excluding hydrogens is 490 g/mol. The summed E-state index contributed by atoms with van der Waals surface area (Å²) >= 11 is 0.946. The zero-order valence-corrected chi connectivity index (χ0v) is 20.8. The lowest BCUT2D eigenvalue weighted by atomic mass is 10.2. The Kier molecular flexibility index (Phi) is 10.8. The van der Waals surface area contributed by atoms with Gasteiger partial charge in [0.2, 0.25) is 5.91 Å². The molecule has 0 unspecified atom stereocenters. The number of hydrogen-bond donors (Lipinski definition) is 3. The van der Waals surface area contributed by atoms with Crippen LogP contribution in [0.3, 0.4) is 0 Å². The fourth-order valence-electron chi connectivity index (χ4n) is 2.81. The van der Waals surface area contributed by atoms with Crippen LogP contribution in [-0.4, -0.2) is 54.4 Å². The summed E-state index contributed by atoms with van der Waals surface area (Å²) in [4.78, 5) is 38.6. The Labute approximate surface area is 210 Å². The molecule has 190 valence electrons. The molecule has 0 atom stereocenters. The molecule has 0 spiro atoms. The van der Waals surface area contributed by atoms with E-state index >= 15 is 0 Å². The van der Waals surface area contributed by atoms with Gasteiger partial charge < -0.3 is 16.0 Å². The van der Waals surface area contributed by atoms with Gasteiger partial charge in [-0.25, -0.2) is 8.78 Å². The summed E-state index contributed by atoms with van der Waals surface area (Å²) in [6.07, 6.45) is -1.34. The molecule has 0 aliphatic rings. The normalized spacial score (nSPS) is 10.3. The van der Waals surface area contributed by atoms with E-state index in [1.54, 1.807) is 37.3 Å². The number of likely N-dealkylation sites (N-methyl/N-ethyl adjacent to an activating group) is 1. The number of benzene rings is 1. The first kappa shape index (κ1) is 28.2. The summed E-state index contributed by atoms with van der Waals surface area (Å²) in [7, 11) is 1.84. The van der Waals surface area contributed by atoms with Crippen LogP contribution < -0.4 is 30.7 Å². The van der Waals surface area contributed by atoms with Crippen LogP contribution in [0.2, 0.25) is 0 Å². The average molecular weight is 517 g/mol. The summed E-state index contributed by atoms with van der Waals surface area (Å²) < 4.78 is 26.3. The zero-order chi connectivity index (χ0) is 26.7. The monoisotopic (exact) mass is 516 g/mol. The summed E-state index contributed by atoms with van der Waals surface area (Å²) in [6.45, 7) is 4.00. The fourth-order valence-corrected chi connectivity index (χ4v) is 3.80. The second-order valence-corrected chi connectivity index (χ2v) is 8.39. The van der Waals surface area contributed by atoms with E-state index in [-0.39, 0.29) is 28.2 Å². The predicted octanol–water partition coefficient (Wildman–Crippen LogP) is 1.04. The fraction of sp³-hybridized carbons (Fsp3) is 0.333. The number of hydrogen-bond acceptors (Lipinski definition) is 7. The van der Waals surface area contributed by atoms with Gasteiger partial charge in [-0.3, -0.25) is 23.9 Å². The number of carbonyl (C=O) groups is 2. The first-order chi connectivity index (χ1) is 17.2. The molecule has 2 rings (SSSR count). The number of carbonyl (C=O) groups excluding carboxylic acids is 2. The lowest BCUT2D eigenvalue weighted by molar-refractivity contribution is -0.118. The molecule has 1 aromatic heterocycles. The molecule has 1 aromatic carbocycles. The first-order valence-corrected chi connectivity index (χ1v) is 11.8. The average Bonchev–Trinajstić information content (AvgIpc) is 3.14. The SMILES string of the molecule is CCN(C)CC(=O)Nc1cccc(NC=C=c2sc(=C=C(C#N)C(=O)NCC(F)F)n(CC)c2=O)c1. The van der Waals surface area contributed by atoms with E-state index in [1.165, 1.54) is 10.8 Å². The summed E-state index contributed by atoms with van der Waals surface area (Å²) in [5.74, 6) is -1.15. The number of aromatic nitrogens is 1. The minimum atomic E-state index is -2.76. The van der Waals surface area contributed by atoms with Gasteiger partial charge in [-0.05, 0) is 38.7 Å². The Morgan fingerprint density at radius 3 is 2.64 bits per heavy atom. The second kappa shape index (κ2) is 13.8. The van der Waals surface area contributed by atoms with Crippen molar-refractivity contribution < 1.29 is 18.4 Å². The van der Waals surface area contributed by atoms with Crippen LogP contribution in [0.15, 0.2) is 40.8 Å². The van der Waals surface area contributed by atoms with Crippen molar-refractivity contribution >= 4 is 46.0 Å². The molecular formula is C24H26F2N6O3S. The Balaban J connectivity index is 2.34. The summed E-state index contributed by atoms with van der Waals surface area (Å²) in [5, 5.41) is 17.0. The highest BCUT2D eigenvalue weighted by molar-refractivity contribution is 7.07. The number of alkyl halides is 2. The number of amides is 2. The van der Waals surface area contributed by atoms with Gasteiger partial charge in [0.25, 0.3) is 17.9 Å². The highest BCUT2D eigenvalue weighted by Crippen LogP contribution is 2.15. The van der Waals surface area contributed by atoms with Crippen molar-refractivity contribution in [3.8, 4) is 6.07 Å². The molecule has 2 amide bonds. The largest absolute Gasteiger partial charge is 0.355 e. The van der Waals surface area contributed by atoms with E-state index in [1.807, 2.05) is 24.2 Å². The smallest absolute Gasteiger partial charge is 0.277 e. The van der Waals surface area contributed by atoms with Crippen molar-refractivity contribution in [2.45, 2.75) is 26.8 Å². The summed E-state index contributed by atoms with van der Waals surface area (Å²) in [5.41, 5.74) is 5.70. The molecule has 0 aliphatic carbocycles. The van der Waals surface area contributed by atoms with E-state index in [0.717, 1.165) is 17.9 Å². The molecule has 3 N–H and O–H groups in total. The van der Waals surface area contributed by atoms with Crippen LogP contribution in [0.5, 0.6) is 0 Å². The Morgan fingerprint density at radius 1 is 1.28 bits per heavy atom. The number of halogens is 2. The van der Waals surface area contributed by atoms with Crippen molar-refractivity contribution in [3.05, 3.63) is 55.6 Å². The molecule has 0 aliphatic heterocycles. The Morgan fingerprint density at radius 2 is 2.00 bits per heavy atom. The zero-order valence-electron chi connectivity index (χ0n) is 20.0. The van der Waals surface area contributed by atoms with Gasteiger partial charge in [-0.1, -0.05) is 35.8 Å². The lowest BCUT2D eigenvalue weighted by Gasteiger charge is -2.13. The molecule has 0 bridgehead atoms. The number of thiazole rings is 1. The molecule has 0 radical (unpaired) electrons. The topological polar surface area (TPSA) is 119 Å². The van der Waals surface area contributed by atoms with Crippen LogP contribution in [-0.2, 0) is 16.1 Å². The third-order valence-electron chi connectivity index (χ3n) is 4.73. The van der Waals surface area contributed by atoms with Crippen LogP contribution in [0, 0.1) is 11.3 Å². The highest BCUT2D eigenvalue weighted by atomic mass is 32.1. The van der Waals surface area contributed by atoms with Crippen molar-refractivity contribution in [2.75, 3.05) is 37.3 Å². The molecule has 0 saturated carbocycles. The first-order valence-electron chi connectivity index (χ1n) is 11.0. The van der Waals surface area contributed by atoms with Crippen LogP contribution >= 0.6 is 11.3 Å². The molecule has 9 nitrogen and oxygen atoms in total. The molecule has 12 heteroatoms. The number of nitrogens with zero attached hydrogens (tertiary/aromatic N) is 3. The van der Waals surface area contributed by atoms with Crippen LogP contribution in [0.1, 0.15) is 13.8 Å². The molecule has 1 heterocycles. The van der Waals surface area contributed by atoms with Gasteiger partial charge in [-0.15, -0.1) is 0 Å². The van der Waals surface area contributed by atoms with Gasteiger partial charge in [0.15, 0.2) is 5.57 Å². The van der Waals surface area contributed by atoms with Crippen molar-refractivity contribution in [3.63, 3.8) is 0 Å². The van der Waals surface area contributed by atoms with Crippen LogP contribution in [0.25, 0.3) is 11.5 Å². The van der Waals surface area contributed by atoms with Gasteiger partial charge in [0, 0.05) is 24.1 Å². The van der Waals surface area contributed by atoms with E-state index in [9.17, 15) is 28.4 Å². The maximum atomic E-state index is 12.7. The number of nitriles is 1. The van der Waals surface area contributed by atoms with Crippen molar-refractivity contribution in [1.82, 2.24) is 14.8 Å². The van der Waals surface area contributed by atoms with E-state index in [4.69, 9.17) is 0 Å². The third-order valence-corrected chi connectivity index (χ3v) is 5.74. The number of nitrogens with one attached hydrogen (secondary N) is 3. The molecule has 36 heavy (non-hydrogen) atoms. The number of rotatable bonds is 10. The molecule has 2 aromatic rings. The van der Waals surface area contributed by atoms with Crippen molar-refractivity contribution in [1.29, 1.82) is 5.26 Å². The Hall–Kier alpha value is -4.00. The third kappa shape index (κ3) is 8.34. The lowest BCUT2D eigenvalue weighted by Crippen LogP contribution is -2.31. The van der Waals surface area contributed by atoms with Gasteiger partial charge in [0.1, 0.15) is 15.3 Å². The molecule has 0 fully saturated rings. The van der Waals surface area contributed by atoms with Crippen molar-refractivity contribution in [2.24, 2.45) is 0 Å². The Bertz CT molecular complexity index is 1400. The second-order valence-electron chi connectivity index (χ2n) is 7.39. The minimum absolute atomic E-state index is 0.145. The number of anilines is 2. The van der Waals surface area contributed by atoms with Gasteiger partial charge in [-0.2, -0.15) is 5.26 Å². The maximum Gasteiger partial charge on any atom is 0.277 e. The summed E-state index contributed by atoms with van der Waals surface area (Å²) in [6, 6.07) is 8.61. The highest BCUT2D eigenvalue weighted by Gasteiger charge is 2.12. The quantitative estimate of drug-likeness (QED) is 0.321. The predicted molar refractivity (Wildman–Crippen MR) is 135 cm³/mol. The maximum absolute atomic E-state index is 12.7. The van der Waals surface area contributed by atoms with Gasteiger partial charge in [0.05, 0.1) is 13.1 Å².